The number of likely N-dealkylation sites (tertiary alicyclic amines) is 1. The fourth-order valence-electron chi connectivity index (χ4n) is 2.26. The van der Waals surface area contributed by atoms with E-state index in [1.165, 1.54) is 6.92 Å². The average molecular weight is 254 g/mol. The summed E-state index contributed by atoms with van der Waals surface area (Å²) in [5.74, 6) is 1.10. The van der Waals surface area contributed by atoms with Gasteiger partial charge in [-0.05, 0) is 31.6 Å². The van der Waals surface area contributed by atoms with Gasteiger partial charge in [0.15, 0.2) is 0 Å². The summed E-state index contributed by atoms with van der Waals surface area (Å²) in [5.41, 5.74) is 0. The number of hydrogen-bond donors (Lipinski definition) is 1. The van der Waals surface area contributed by atoms with E-state index < -0.39 is 0 Å². The normalized spacial score (nSPS) is 16.7. The van der Waals surface area contributed by atoms with Crippen molar-refractivity contribution < 1.29 is 9.59 Å². The number of rotatable bonds is 6. The minimum atomic E-state index is 0.0218. The first-order chi connectivity index (χ1) is 8.59. The number of nitrogens with zero attached hydrogens (tertiary/aromatic N) is 1. The van der Waals surface area contributed by atoms with Gasteiger partial charge in [0.25, 0.3) is 0 Å². The average Bonchev–Trinajstić information content (AvgIpc) is 2.34. The van der Waals surface area contributed by atoms with E-state index in [2.05, 4.69) is 12.2 Å². The molecule has 0 saturated carbocycles. The van der Waals surface area contributed by atoms with Gasteiger partial charge in [0.05, 0.1) is 0 Å². The summed E-state index contributed by atoms with van der Waals surface area (Å²) in [5, 5.41) is 2.77. The summed E-state index contributed by atoms with van der Waals surface area (Å²) in [6.45, 7) is 6.38. The molecule has 0 aromatic rings. The van der Waals surface area contributed by atoms with Crippen LogP contribution in [0.2, 0.25) is 0 Å². The lowest BCUT2D eigenvalue weighted by Crippen LogP contribution is -2.37. The second-order valence-corrected chi connectivity index (χ2v) is 5.36. The molecule has 4 heteroatoms. The summed E-state index contributed by atoms with van der Waals surface area (Å²) in [7, 11) is 0. The minimum Gasteiger partial charge on any atom is -0.356 e. The second-order valence-electron chi connectivity index (χ2n) is 5.36. The molecule has 1 aliphatic rings. The lowest BCUT2D eigenvalue weighted by Gasteiger charge is -2.30. The number of piperidine rings is 1. The molecular weight excluding hydrogens is 228 g/mol. The maximum absolute atomic E-state index is 11.9. The molecule has 1 saturated heterocycles. The fraction of sp³-hybridized carbons (Fsp3) is 0.857. The molecule has 104 valence electrons. The number of unbranched alkanes of at least 4 members (excludes halogenated alkanes) is 2. The standard InChI is InChI=1S/C14H26N2O2/c1-12-7-10-16(11-8-12)14(18)6-4-3-5-9-15-13(2)17/h12H,3-11H2,1-2H3,(H,15,17). The maximum atomic E-state index is 11.9. The van der Waals surface area contributed by atoms with Crippen molar-refractivity contribution in [3.63, 3.8) is 0 Å². The highest BCUT2D eigenvalue weighted by Crippen LogP contribution is 2.17. The van der Waals surface area contributed by atoms with Crippen LogP contribution in [0.25, 0.3) is 0 Å². The molecule has 4 nitrogen and oxygen atoms in total. The maximum Gasteiger partial charge on any atom is 0.222 e. The number of carbonyl (C=O) groups excluding carboxylic acids is 2. The molecule has 0 unspecified atom stereocenters. The van der Waals surface area contributed by atoms with Gasteiger partial charge in [-0.2, -0.15) is 0 Å². The third-order valence-corrected chi connectivity index (χ3v) is 3.58. The zero-order valence-corrected chi connectivity index (χ0v) is 11.7. The Balaban J connectivity index is 2.01. The molecule has 1 fully saturated rings. The van der Waals surface area contributed by atoms with Crippen LogP contribution in [0.1, 0.15) is 52.4 Å². The molecule has 1 rings (SSSR count). The van der Waals surface area contributed by atoms with Crippen LogP contribution in [0.3, 0.4) is 0 Å². The Morgan fingerprint density at radius 3 is 2.44 bits per heavy atom. The van der Waals surface area contributed by atoms with Crippen LogP contribution in [0.15, 0.2) is 0 Å². The van der Waals surface area contributed by atoms with E-state index in [0.29, 0.717) is 12.3 Å². The van der Waals surface area contributed by atoms with Gasteiger partial charge in [-0.1, -0.05) is 13.3 Å². The van der Waals surface area contributed by atoms with Crippen LogP contribution in [-0.2, 0) is 9.59 Å². The minimum absolute atomic E-state index is 0.0218. The largest absolute Gasteiger partial charge is 0.356 e. The Bertz CT molecular complexity index is 271. The summed E-state index contributed by atoms with van der Waals surface area (Å²) in [4.78, 5) is 24.6. The Hall–Kier alpha value is -1.06. The number of amides is 2. The quantitative estimate of drug-likeness (QED) is 0.736. The van der Waals surface area contributed by atoms with Gasteiger partial charge in [-0.15, -0.1) is 0 Å². The highest BCUT2D eigenvalue weighted by Gasteiger charge is 2.19. The first kappa shape index (κ1) is 15.0. The molecule has 0 bridgehead atoms. The number of hydrogen-bond acceptors (Lipinski definition) is 2. The van der Waals surface area contributed by atoms with Gasteiger partial charge in [0, 0.05) is 33.0 Å². The van der Waals surface area contributed by atoms with E-state index in [0.717, 1.165) is 57.7 Å². The van der Waals surface area contributed by atoms with Gasteiger partial charge < -0.3 is 10.2 Å². The monoisotopic (exact) mass is 254 g/mol. The van der Waals surface area contributed by atoms with Crippen LogP contribution in [0, 0.1) is 5.92 Å². The smallest absolute Gasteiger partial charge is 0.222 e. The van der Waals surface area contributed by atoms with Gasteiger partial charge >= 0.3 is 0 Å². The summed E-state index contributed by atoms with van der Waals surface area (Å²) < 4.78 is 0. The molecule has 0 radical (unpaired) electrons. The second kappa shape index (κ2) is 8.11. The van der Waals surface area contributed by atoms with E-state index in [1.807, 2.05) is 4.90 Å². The molecule has 0 spiro atoms. The molecule has 0 aromatic carbocycles. The van der Waals surface area contributed by atoms with Crippen molar-refractivity contribution in [1.82, 2.24) is 10.2 Å². The Kier molecular flexibility index (Phi) is 6.76. The Labute approximate surface area is 110 Å². The van der Waals surface area contributed by atoms with Crippen LogP contribution in [-0.4, -0.2) is 36.3 Å². The molecule has 1 N–H and O–H groups in total. The molecule has 0 atom stereocenters. The number of carbonyl (C=O) groups is 2. The first-order valence-electron chi connectivity index (χ1n) is 7.12. The summed E-state index contributed by atoms with van der Waals surface area (Å²) in [6.07, 6.45) is 5.86. The van der Waals surface area contributed by atoms with Crippen LogP contribution in [0.4, 0.5) is 0 Å². The summed E-state index contributed by atoms with van der Waals surface area (Å²) in [6, 6.07) is 0. The molecular formula is C14H26N2O2. The Morgan fingerprint density at radius 1 is 1.17 bits per heavy atom. The van der Waals surface area contributed by atoms with Crippen molar-refractivity contribution in [3.05, 3.63) is 0 Å². The third-order valence-electron chi connectivity index (χ3n) is 3.58. The van der Waals surface area contributed by atoms with Crippen molar-refractivity contribution in [1.29, 1.82) is 0 Å². The van der Waals surface area contributed by atoms with E-state index >= 15 is 0 Å². The Morgan fingerprint density at radius 2 is 1.83 bits per heavy atom. The van der Waals surface area contributed by atoms with Crippen molar-refractivity contribution in [3.8, 4) is 0 Å². The highest BCUT2D eigenvalue weighted by molar-refractivity contribution is 5.76. The highest BCUT2D eigenvalue weighted by atomic mass is 16.2. The van der Waals surface area contributed by atoms with Crippen molar-refractivity contribution in [2.75, 3.05) is 19.6 Å². The van der Waals surface area contributed by atoms with Gasteiger partial charge in [0.1, 0.15) is 0 Å². The van der Waals surface area contributed by atoms with E-state index in [4.69, 9.17) is 0 Å². The fourth-order valence-corrected chi connectivity index (χ4v) is 2.26. The van der Waals surface area contributed by atoms with Crippen LogP contribution >= 0.6 is 0 Å². The molecule has 0 aliphatic carbocycles. The lowest BCUT2D eigenvalue weighted by molar-refractivity contribution is -0.132. The molecule has 1 heterocycles. The van der Waals surface area contributed by atoms with E-state index in [9.17, 15) is 9.59 Å². The molecule has 18 heavy (non-hydrogen) atoms. The molecule has 2 amide bonds. The SMILES string of the molecule is CC(=O)NCCCCCC(=O)N1CCC(C)CC1. The van der Waals surface area contributed by atoms with Crippen LogP contribution in [0.5, 0.6) is 0 Å². The molecule has 1 aliphatic heterocycles. The predicted octanol–water partition coefficient (Wildman–Crippen LogP) is 1.94. The predicted molar refractivity (Wildman–Crippen MR) is 72.1 cm³/mol. The van der Waals surface area contributed by atoms with E-state index in [1.54, 1.807) is 0 Å². The van der Waals surface area contributed by atoms with Crippen LogP contribution < -0.4 is 5.32 Å². The van der Waals surface area contributed by atoms with Crippen molar-refractivity contribution in [2.24, 2.45) is 5.92 Å². The first-order valence-corrected chi connectivity index (χ1v) is 7.12. The van der Waals surface area contributed by atoms with Crippen molar-refractivity contribution >= 4 is 11.8 Å². The van der Waals surface area contributed by atoms with Gasteiger partial charge in [0.2, 0.25) is 11.8 Å². The zero-order valence-electron chi connectivity index (χ0n) is 11.7. The van der Waals surface area contributed by atoms with Crippen molar-refractivity contribution in [2.45, 2.75) is 52.4 Å². The van der Waals surface area contributed by atoms with E-state index in [-0.39, 0.29) is 5.91 Å². The van der Waals surface area contributed by atoms with Gasteiger partial charge in [-0.3, -0.25) is 9.59 Å². The summed E-state index contributed by atoms with van der Waals surface area (Å²) >= 11 is 0. The van der Waals surface area contributed by atoms with Gasteiger partial charge in [-0.25, -0.2) is 0 Å². The lowest BCUT2D eigenvalue weighted by atomic mass is 9.99. The topological polar surface area (TPSA) is 49.4 Å². The zero-order chi connectivity index (χ0) is 13.4. The molecule has 0 aromatic heterocycles. The third kappa shape index (κ3) is 6.03. The number of nitrogens with one attached hydrogen (secondary N) is 1.